The second kappa shape index (κ2) is 7.70. The minimum atomic E-state index is -0.0935. The van der Waals surface area contributed by atoms with Crippen LogP contribution in [0.3, 0.4) is 0 Å². The number of carbonyl (C=O) groups excluding carboxylic acids is 1. The van der Waals surface area contributed by atoms with Gasteiger partial charge in [-0.2, -0.15) is 0 Å². The largest absolute Gasteiger partial charge is 0.441 e. The van der Waals surface area contributed by atoms with Gasteiger partial charge in [-0.25, -0.2) is 9.78 Å². The molecule has 2 aromatic rings. The first-order valence-electron chi connectivity index (χ1n) is 8.76. The Morgan fingerprint density at radius 1 is 1.28 bits per heavy atom. The van der Waals surface area contributed by atoms with Crippen molar-refractivity contribution in [1.82, 2.24) is 9.88 Å². The number of nitrogens with zero attached hydrogens (tertiary/aromatic N) is 2. The van der Waals surface area contributed by atoms with Gasteiger partial charge < -0.3 is 19.4 Å². The lowest BCUT2D eigenvalue weighted by atomic mass is 10.2. The molecule has 0 radical (unpaired) electrons. The number of nitrogens with one attached hydrogen (secondary N) is 1. The fraction of sp³-hybridized carbons (Fsp3) is 0.474. The molecule has 1 aromatic heterocycles. The summed E-state index contributed by atoms with van der Waals surface area (Å²) in [6, 6.07) is 7.62. The van der Waals surface area contributed by atoms with Crippen molar-refractivity contribution in [3.8, 4) is 11.5 Å². The summed E-state index contributed by atoms with van der Waals surface area (Å²) in [5, 5.41) is 2.95. The van der Waals surface area contributed by atoms with Crippen molar-refractivity contribution >= 4 is 11.7 Å². The first kappa shape index (κ1) is 17.5. The Hall–Kier alpha value is -2.34. The molecule has 1 aromatic carbocycles. The third kappa shape index (κ3) is 4.20. The van der Waals surface area contributed by atoms with E-state index >= 15 is 0 Å². The Kier molecular flexibility index (Phi) is 5.38. The number of aromatic nitrogens is 1. The van der Waals surface area contributed by atoms with Crippen molar-refractivity contribution in [2.24, 2.45) is 0 Å². The molecule has 3 rings (SSSR count). The lowest BCUT2D eigenvalue weighted by molar-refractivity contribution is 0.143. The van der Waals surface area contributed by atoms with E-state index in [9.17, 15) is 4.79 Å². The Morgan fingerprint density at radius 3 is 2.72 bits per heavy atom. The van der Waals surface area contributed by atoms with Crippen molar-refractivity contribution in [3.05, 3.63) is 36.2 Å². The summed E-state index contributed by atoms with van der Waals surface area (Å²) >= 11 is 0. The normalized spacial score (nSPS) is 18.2. The van der Waals surface area contributed by atoms with Gasteiger partial charge in [-0.05, 0) is 37.6 Å². The average Bonchev–Trinajstić information content (AvgIpc) is 2.99. The van der Waals surface area contributed by atoms with Gasteiger partial charge in [-0.15, -0.1) is 0 Å². The van der Waals surface area contributed by atoms with Crippen LogP contribution in [-0.2, 0) is 4.74 Å². The summed E-state index contributed by atoms with van der Waals surface area (Å²) in [6.07, 6.45) is 2.62. The molecule has 1 aliphatic rings. The number of hydrogen-bond acceptors (Lipinski definition) is 4. The molecule has 0 spiro atoms. The predicted octanol–water partition coefficient (Wildman–Crippen LogP) is 4.11. The second-order valence-electron chi connectivity index (χ2n) is 6.67. The van der Waals surface area contributed by atoms with Crippen LogP contribution >= 0.6 is 0 Å². The molecule has 0 aliphatic carbocycles. The molecule has 0 saturated carbocycles. The van der Waals surface area contributed by atoms with Crippen molar-refractivity contribution in [1.29, 1.82) is 0 Å². The molecule has 1 saturated heterocycles. The minimum absolute atomic E-state index is 0.0935. The third-order valence-corrected chi connectivity index (χ3v) is 4.43. The first-order chi connectivity index (χ1) is 12.0. The van der Waals surface area contributed by atoms with Gasteiger partial charge in [0, 0.05) is 36.4 Å². The molecular weight excluding hydrogens is 318 g/mol. The van der Waals surface area contributed by atoms with E-state index in [2.05, 4.69) is 24.1 Å². The molecule has 1 atom stereocenters. The van der Waals surface area contributed by atoms with Crippen LogP contribution in [0.5, 0.6) is 0 Å². The zero-order valence-corrected chi connectivity index (χ0v) is 15.0. The van der Waals surface area contributed by atoms with E-state index in [1.54, 1.807) is 6.20 Å². The van der Waals surface area contributed by atoms with Crippen molar-refractivity contribution < 1.29 is 13.9 Å². The predicted molar refractivity (Wildman–Crippen MR) is 96.7 cm³/mol. The van der Waals surface area contributed by atoms with E-state index in [0.29, 0.717) is 31.6 Å². The third-order valence-electron chi connectivity index (χ3n) is 4.43. The summed E-state index contributed by atoms with van der Waals surface area (Å²) in [5.74, 6) is 1.77. The van der Waals surface area contributed by atoms with Crippen LogP contribution in [0.1, 0.15) is 38.9 Å². The number of ether oxygens (including phenoxy) is 1. The van der Waals surface area contributed by atoms with Gasteiger partial charge in [-0.3, -0.25) is 0 Å². The molecule has 134 valence electrons. The van der Waals surface area contributed by atoms with Gasteiger partial charge >= 0.3 is 6.03 Å². The fourth-order valence-electron chi connectivity index (χ4n) is 2.78. The van der Waals surface area contributed by atoms with Gasteiger partial charge in [0.2, 0.25) is 5.89 Å². The maximum absolute atomic E-state index is 12.5. The molecule has 25 heavy (non-hydrogen) atoms. The molecule has 1 N–H and O–H groups in total. The van der Waals surface area contributed by atoms with Crippen LogP contribution in [-0.4, -0.2) is 41.7 Å². The average molecular weight is 343 g/mol. The molecular formula is C19H25N3O3. The van der Waals surface area contributed by atoms with Gasteiger partial charge in [0.05, 0.1) is 12.8 Å². The van der Waals surface area contributed by atoms with E-state index in [0.717, 1.165) is 23.4 Å². The summed E-state index contributed by atoms with van der Waals surface area (Å²) in [4.78, 5) is 18.6. The smallest absolute Gasteiger partial charge is 0.322 e. The number of oxazole rings is 1. The minimum Gasteiger partial charge on any atom is -0.441 e. The summed E-state index contributed by atoms with van der Waals surface area (Å²) in [6.45, 7) is 8.08. The number of amides is 2. The van der Waals surface area contributed by atoms with Gasteiger partial charge in [0.25, 0.3) is 0 Å². The molecule has 2 amide bonds. The number of benzene rings is 1. The molecule has 2 heterocycles. The Bertz CT molecular complexity index is 709. The van der Waals surface area contributed by atoms with E-state index in [-0.39, 0.29) is 12.1 Å². The van der Waals surface area contributed by atoms with Gasteiger partial charge in [0.1, 0.15) is 5.76 Å². The number of carbonyl (C=O) groups is 1. The van der Waals surface area contributed by atoms with E-state index in [1.807, 2.05) is 36.1 Å². The fourth-order valence-corrected chi connectivity index (χ4v) is 2.78. The number of rotatable bonds is 3. The first-order valence-corrected chi connectivity index (χ1v) is 8.76. The lowest BCUT2D eigenvalue weighted by Gasteiger charge is -2.26. The van der Waals surface area contributed by atoms with Crippen LogP contribution in [0, 0.1) is 0 Å². The van der Waals surface area contributed by atoms with E-state index < -0.39 is 0 Å². The maximum atomic E-state index is 12.5. The van der Waals surface area contributed by atoms with Crippen molar-refractivity contribution in [2.75, 3.05) is 25.1 Å². The Labute approximate surface area is 148 Å². The summed E-state index contributed by atoms with van der Waals surface area (Å²) in [5.41, 5.74) is 1.64. The van der Waals surface area contributed by atoms with E-state index in [1.165, 1.54) is 0 Å². The molecule has 0 unspecified atom stereocenters. The number of urea groups is 1. The van der Waals surface area contributed by atoms with Crippen LogP contribution in [0.15, 0.2) is 34.9 Å². The van der Waals surface area contributed by atoms with Crippen LogP contribution in [0.2, 0.25) is 0 Å². The SMILES string of the molecule is CC(C)c1cnc(-c2ccc(NC(=O)N3CCOCC[C@@H]3C)cc2)o1. The topological polar surface area (TPSA) is 67.6 Å². The van der Waals surface area contributed by atoms with E-state index in [4.69, 9.17) is 9.15 Å². The second-order valence-corrected chi connectivity index (χ2v) is 6.67. The molecule has 1 fully saturated rings. The quantitative estimate of drug-likeness (QED) is 0.911. The lowest BCUT2D eigenvalue weighted by Crippen LogP contribution is -2.42. The highest BCUT2D eigenvalue weighted by Gasteiger charge is 2.22. The van der Waals surface area contributed by atoms with Gasteiger partial charge in [-0.1, -0.05) is 13.8 Å². The Balaban J connectivity index is 1.66. The summed E-state index contributed by atoms with van der Waals surface area (Å²) in [7, 11) is 0. The molecule has 6 nitrogen and oxygen atoms in total. The van der Waals surface area contributed by atoms with Crippen molar-refractivity contribution in [2.45, 2.75) is 39.2 Å². The summed E-state index contributed by atoms with van der Waals surface area (Å²) < 4.78 is 11.2. The highest BCUT2D eigenvalue weighted by Crippen LogP contribution is 2.24. The number of anilines is 1. The zero-order valence-electron chi connectivity index (χ0n) is 15.0. The van der Waals surface area contributed by atoms with Crippen LogP contribution in [0.4, 0.5) is 10.5 Å². The molecule has 6 heteroatoms. The Morgan fingerprint density at radius 2 is 2.04 bits per heavy atom. The van der Waals surface area contributed by atoms with Crippen LogP contribution < -0.4 is 5.32 Å². The molecule has 1 aliphatic heterocycles. The standard InChI is InChI=1S/C19H25N3O3/c1-13(2)17-12-20-18(25-17)15-4-6-16(7-5-15)21-19(23)22-9-11-24-10-8-14(22)3/h4-7,12-14H,8-11H2,1-3H3,(H,21,23)/t14-/m0/s1. The van der Waals surface area contributed by atoms with Gasteiger partial charge in [0.15, 0.2) is 0 Å². The van der Waals surface area contributed by atoms with Crippen molar-refractivity contribution in [3.63, 3.8) is 0 Å². The highest BCUT2D eigenvalue weighted by atomic mass is 16.5. The molecule has 0 bridgehead atoms. The maximum Gasteiger partial charge on any atom is 0.322 e. The number of hydrogen-bond donors (Lipinski definition) is 1. The zero-order chi connectivity index (χ0) is 17.8. The van der Waals surface area contributed by atoms with Crippen LogP contribution in [0.25, 0.3) is 11.5 Å². The monoisotopic (exact) mass is 343 g/mol. The highest BCUT2D eigenvalue weighted by molar-refractivity contribution is 5.89.